The van der Waals surface area contributed by atoms with E-state index in [0.717, 1.165) is 37.3 Å². The summed E-state index contributed by atoms with van der Waals surface area (Å²) in [4.78, 5) is 23.4. The van der Waals surface area contributed by atoms with Crippen LogP contribution in [0.1, 0.15) is 25.0 Å². The number of nitrogens with two attached hydrogens (primary N) is 1. The number of anilines is 3. The van der Waals surface area contributed by atoms with Crippen LogP contribution in [-0.2, 0) is 19.4 Å². The Hall–Kier alpha value is -4.41. The van der Waals surface area contributed by atoms with Crippen LogP contribution < -0.4 is 15.5 Å². The summed E-state index contributed by atoms with van der Waals surface area (Å²) in [5.74, 6) is 5.77. The Balaban J connectivity index is 1.02. The molecule has 6 heterocycles. The summed E-state index contributed by atoms with van der Waals surface area (Å²) in [5.41, 5.74) is 10.0. The van der Waals surface area contributed by atoms with Crippen LogP contribution in [0.25, 0.3) is 11.3 Å². The SMILES string of the molecule is COC(=O)C1CCS(=O)(=O)C12CN(CC#Cc1cc(N3C4CCC3CN(c3cc(-c5ccccc5O)nnc3N)C4)ccn1)C2. The smallest absolute Gasteiger partial charge is 0.310 e. The van der Waals surface area contributed by atoms with Gasteiger partial charge < -0.3 is 25.4 Å². The zero-order valence-electron chi connectivity index (χ0n) is 25.0. The molecular formula is C32H35N7O5S. The van der Waals surface area contributed by atoms with Crippen LogP contribution >= 0.6 is 0 Å². The van der Waals surface area contributed by atoms with E-state index in [4.69, 9.17) is 10.5 Å². The molecule has 0 radical (unpaired) electrons. The normalized spacial score (nSPS) is 24.6. The molecule has 2 bridgehead atoms. The number of rotatable bonds is 5. The number of phenols is 1. The molecule has 2 aromatic heterocycles. The molecule has 3 atom stereocenters. The van der Waals surface area contributed by atoms with Gasteiger partial charge >= 0.3 is 5.97 Å². The number of para-hydroxylation sites is 1. The van der Waals surface area contributed by atoms with Crippen molar-refractivity contribution in [1.29, 1.82) is 0 Å². The number of likely N-dealkylation sites (tertiary alicyclic amines) is 1. The van der Waals surface area contributed by atoms with Crippen LogP contribution in [-0.4, -0.2) is 102 Å². The second-order valence-corrected chi connectivity index (χ2v) is 14.8. The van der Waals surface area contributed by atoms with E-state index in [2.05, 4.69) is 36.8 Å². The molecule has 4 fully saturated rings. The fourth-order valence-corrected chi connectivity index (χ4v) is 9.91. The summed E-state index contributed by atoms with van der Waals surface area (Å²) in [6, 6.07) is 13.5. The van der Waals surface area contributed by atoms with Gasteiger partial charge in [-0.3, -0.25) is 9.69 Å². The number of esters is 1. The maximum atomic E-state index is 12.8. The molecule has 4 saturated heterocycles. The molecule has 4 aliphatic heterocycles. The lowest BCUT2D eigenvalue weighted by Crippen LogP contribution is -2.68. The van der Waals surface area contributed by atoms with Crippen molar-refractivity contribution < 1.29 is 23.1 Å². The van der Waals surface area contributed by atoms with Crippen LogP contribution in [0.15, 0.2) is 48.7 Å². The van der Waals surface area contributed by atoms with E-state index in [1.54, 1.807) is 18.3 Å². The summed E-state index contributed by atoms with van der Waals surface area (Å²) >= 11 is 0. The first-order valence-electron chi connectivity index (χ1n) is 15.1. The maximum Gasteiger partial charge on any atom is 0.310 e. The number of ether oxygens (including phenoxy) is 1. The van der Waals surface area contributed by atoms with Crippen LogP contribution in [0, 0.1) is 17.8 Å². The molecule has 1 spiro atoms. The van der Waals surface area contributed by atoms with Gasteiger partial charge in [0.05, 0.1) is 36.7 Å². The summed E-state index contributed by atoms with van der Waals surface area (Å²) in [7, 11) is -2.06. The molecule has 13 heteroatoms. The Morgan fingerprint density at radius 2 is 1.87 bits per heavy atom. The van der Waals surface area contributed by atoms with Crippen LogP contribution in [0.5, 0.6) is 5.75 Å². The van der Waals surface area contributed by atoms with Gasteiger partial charge in [0.15, 0.2) is 15.7 Å². The van der Waals surface area contributed by atoms with Gasteiger partial charge in [-0.2, -0.15) is 0 Å². The highest BCUT2D eigenvalue weighted by Gasteiger charge is 2.64. The lowest BCUT2D eigenvalue weighted by atomic mass is 9.83. The minimum Gasteiger partial charge on any atom is -0.507 e. The molecule has 4 aliphatic rings. The van der Waals surface area contributed by atoms with E-state index in [1.807, 2.05) is 35.2 Å². The Morgan fingerprint density at radius 1 is 1.11 bits per heavy atom. The molecule has 45 heavy (non-hydrogen) atoms. The number of carbonyl (C=O) groups excluding carboxylic acids is 1. The van der Waals surface area contributed by atoms with Gasteiger partial charge in [0.2, 0.25) is 0 Å². The summed E-state index contributed by atoms with van der Waals surface area (Å²) < 4.78 is 29.4. The zero-order valence-corrected chi connectivity index (χ0v) is 25.8. The Labute approximate surface area is 262 Å². The molecule has 1 aromatic carbocycles. The minimum absolute atomic E-state index is 0.0192. The van der Waals surface area contributed by atoms with Crippen molar-refractivity contribution in [1.82, 2.24) is 20.1 Å². The highest BCUT2D eigenvalue weighted by Crippen LogP contribution is 2.45. The number of phenolic OH excluding ortho intramolecular Hbond substituents is 1. The second-order valence-electron chi connectivity index (χ2n) is 12.3. The van der Waals surface area contributed by atoms with E-state index in [9.17, 15) is 18.3 Å². The number of fused-ring (bicyclic) bond motifs is 2. The van der Waals surface area contributed by atoms with Crippen molar-refractivity contribution in [3.05, 3.63) is 54.4 Å². The fourth-order valence-electron chi connectivity index (χ4n) is 7.55. The first-order chi connectivity index (χ1) is 21.7. The first kappa shape index (κ1) is 29.3. The molecule has 0 aliphatic carbocycles. The number of nitrogens with zero attached hydrogens (tertiary/aromatic N) is 6. The van der Waals surface area contributed by atoms with Crippen molar-refractivity contribution in [2.75, 3.05) is 61.1 Å². The number of hydrogen-bond acceptors (Lipinski definition) is 12. The van der Waals surface area contributed by atoms with Gasteiger partial charge in [-0.25, -0.2) is 13.4 Å². The number of aromatic nitrogens is 3. The number of methoxy groups -OCH3 is 1. The summed E-state index contributed by atoms with van der Waals surface area (Å²) in [5, 5.41) is 18.8. The van der Waals surface area contributed by atoms with Gasteiger partial charge in [-0.05, 0) is 55.5 Å². The maximum absolute atomic E-state index is 12.8. The topological polar surface area (TPSA) is 155 Å². The molecule has 12 nitrogen and oxygen atoms in total. The molecule has 3 unspecified atom stereocenters. The van der Waals surface area contributed by atoms with E-state index in [1.165, 1.54) is 7.11 Å². The first-order valence-corrected chi connectivity index (χ1v) is 16.8. The standard InChI is InChI=1S/C32H35N7O5S/c1-44-31(41)26-11-14-45(42,43)32(26)19-37(20-32)13-4-5-21-15-22(10-12-34-21)39-23-8-9-24(39)18-38(17-23)28-16-27(35-36-30(28)33)25-6-2-3-7-29(25)40/h2-3,6-7,10,12,15-16,23-24,26,40H,8-9,11,13-14,17-20H2,1H3,(H2,33,36). The number of pyridine rings is 1. The highest BCUT2D eigenvalue weighted by atomic mass is 32.2. The van der Waals surface area contributed by atoms with E-state index in [-0.39, 0.29) is 36.7 Å². The van der Waals surface area contributed by atoms with Crippen LogP contribution in [0.4, 0.5) is 17.2 Å². The monoisotopic (exact) mass is 629 g/mol. The van der Waals surface area contributed by atoms with Crippen molar-refractivity contribution >= 4 is 33.0 Å². The highest BCUT2D eigenvalue weighted by molar-refractivity contribution is 7.93. The molecule has 0 saturated carbocycles. The third-order valence-electron chi connectivity index (χ3n) is 9.76. The minimum atomic E-state index is -3.36. The molecule has 7 rings (SSSR count). The number of nitrogen functional groups attached to an aromatic ring is 1. The van der Waals surface area contributed by atoms with Crippen molar-refractivity contribution in [2.45, 2.75) is 36.1 Å². The molecule has 0 amide bonds. The number of sulfone groups is 1. The van der Waals surface area contributed by atoms with E-state index < -0.39 is 26.5 Å². The average Bonchev–Trinajstić information content (AvgIpc) is 3.45. The lowest BCUT2D eigenvalue weighted by molar-refractivity contribution is -0.148. The number of benzene rings is 1. The quantitative estimate of drug-likeness (QED) is 0.312. The molecule has 3 N–H and O–H groups in total. The molecule has 3 aromatic rings. The summed E-state index contributed by atoms with van der Waals surface area (Å²) in [6.45, 7) is 2.50. The van der Waals surface area contributed by atoms with E-state index >= 15 is 0 Å². The van der Waals surface area contributed by atoms with Crippen molar-refractivity contribution in [3.63, 3.8) is 0 Å². The average molecular weight is 630 g/mol. The Kier molecular flexibility index (Phi) is 7.29. The van der Waals surface area contributed by atoms with Gasteiger partial charge in [-0.15, -0.1) is 10.2 Å². The number of aromatic hydroxyl groups is 1. The third-order valence-corrected chi connectivity index (χ3v) is 12.3. The van der Waals surface area contributed by atoms with Crippen molar-refractivity contribution in [2.24, 2.45) is 5.92 Å². The lowest BCUT2D eigenvalue weighted by Gasteiger charge is -2.48. The molecular weight excluding hydrogens is 594 g/mol. The predicted molar refractivity (Wildman–Crippen MR) is 169 cm³/mol. The van der Waals surface area contributed by atoms with Crippen LogP contribution in [0.2, 0.25) is 0 Å². The van der Waals surface area contributed by atoms with Gasteiger partial charge in [0.25, 0.3) is 0 Å². The van der Waals surface area contributed by atoms with Crippen molar-refractivity contribution in [3.8, 4) is 28.8 Å². The Bertz CT molecular complexity index is 1800. The summed E-state index contributed by atoms with van der Waals surface area (Å²) in [6.07, 6.45) is 4.18. The third kappa shape index (κ3) is 5.02. The fraction of sp³-hybridized carbons (Fsp3) is 0.438. The zero-order chi connectivity index (χ0) is 31.3. The van der Waals surface area contributed by atoms with Gasteiger partial charge in [0.1, 0.15) is 16.2 Å². The number of carbonyl (C=O) groups is 1. The number of hydrogen-bond donors (Lipinski definition) is 2. The second kappa shape index (κ2) is 11.2. The largest absolute Gasteiger partial charge is 0.507 e. The number of piperazine rings is 1. The molecule has 234 valence electrons. The van der Waals surface area contributed by atoms with Gasteiger partial charge in [-0.1, -0.05) is 18.1 Å². The predicted octanol–water partition coefficient (Wildman–Crippen LogP) is 1.70. The van der Waals surface area contributed by atoms with Crippen LogP contribution in [0.3, 0.4) is 0 Å². The Morgan fingerprint density at radius 3 is 2.60 bits per heavy atom. The van der Waals surface area contributed by atoms with E-state index in [0.29, 0.717) is 35.7 Å². The van der Waals surface area contributed by atoms with Gasteiger partial charge in [0, 0.05) is 55.7 Å².